The zero-order valence-electron chi connectivity index (χ0n) is 18.5. The van der Waals surface area contributed by atoms with Gasteiger partial charge in [0.15, 0.2) is 0 Å². The molecule has 0 amide bonds. The highest BCUT2D eigenvalue weighted by Gasteiger charge is 2.26. The molecule has 3 aromatic rings. The van der Waals surface area contributed by atoms with Gasteiger partial charge in [0.2, 0.25) is 15.9 Å². The summed E-state index contributed by atoms with van der Waals surface area (Å²) in [6.45, 7) is 4.17. The predicted molar refractivity (Wildman–Crippen MR) is 126 cm³/mol. The minimum atomic E-state index is -3.52. The smallest absolute Gasteiger partial charge is 0.276 e. The molecule has 1 saturated heterocycles. The van der Waals surface area contributed by atoms with Crippen molar-refractivity contribution in [3.8, 4) is 23.0 Å². The Labute approximate surface area is 198 Å². The molecule has 0 spiro atoms. The topological polar surface area (TPSA) is 94.8 Å². The van der Waals surface area contributed by atoms with Crippen LogP contribution in [0.3, 0.4) is 0 Å². The summed E-state index contributed by atoms with van der Waals surface area (Å²) in [6, 6.07) is 14.2. The van der Waals surface area contributed by atoms with Crippen LogP contribution in [0.5, 0.6) is 11.5 Å². The molecule has 10 heteroatoms. The lowest BCUT2D eigenvalue weighted by Crippen LogP contribution is -2.35. The summed E-state index contributed by atoms with van der Waals surface area (Å²) in [7, 11) is -3.52. The minimum absolute atomic E-state index is 0.248. The molecule has 1 fully saturated rings. The van der Waals surface area contributed by atoms with E-state index in [4.69, 9.17) is 13.9 Å². The van der Waals surface area contributed by atoms with Crippen LogP contribution in [0, 0.1) is 0 Å². The molecule has 2 heterocycles. The van der Waals surface area contributed by atoms with Crippen molar-refractivity contribution in [2.75, 3.05) is 32.1 Å². The molecular weight excluding hydrogens is 462 g/mol. The summed E-state index contributed by atoms with van der Waals surface area (Å²) in [5.41, 5.74) is 0.582. The molecule has 0 bridgehead atoms. The van der Waals surface area contributed by atoms with Crippen LogP contribution in [-0.2, 0) is 10.0 Å². The zero-order chi connectivity index (χ0) is 23.1. The highest BCUT2D eigenvalue weighted by atomic mass is 32.2. The van der Waals surface area contributed by atoms with E-state index in [1.54, 1.807) is 28.6 Å². The molecule has 8 nitrogen and oxygen atoms in total. The molecule has 0 unspecified atom stereocenters. The third-order valence-electron chi connectivity index (χ3n) is 5.15. The zero-order valence-corrected chi connectivity index (χ0v) is 20.1. The first-order valence-corrected chi connectivity index (χ1v) is 13.4. The predicted octanol–water partition coefficient (Wildman–Crippen LogP) is 4.48. The standard InChI is InChI=1S/C23H27N3O5S2/c1-2-29-19-9-11-20(12-10-19)30-15-16-32-23-25-24-22(31-23)18-7-6-8-21(17-18)33(27,28)26-13-4-3-5-14-26/h6-12,17H,2-5,13-16H2,1H3. The van der Waals surface area contributed by atoms with Crippen molar-refractivity contribution in [3.05, 3.63) is 48.5 Å². The second-order valence-corrected chi connectivity index (χ2v) is 10.5. The Morgan fingerprint density at radius 2 is 1.73 bits per heavy atom. The van der Waals surface area contributed by atoms with E-state index in [0.717, 1.165) is 30.8 Å². The lowest BCUT2D eigenvalue weighted by Gasteiger charge is -2.25. The van der Waals surface area contributed by atoms with Gasteiger partial charge in [-0.05, 0) is 62.2 Å². The molecule has 2 aromatic carbocycles. The van der Waals surface area contributed by atoms with Gasteiger partial charge in [-0.15, -0.1) is 10.2 Å². The SMILES string of the molecule is CCOc1ccc(OCCSc2nnc(-c3cccc(S(=O)(=O)N4CCCCC4)c3)o2)cc1. The van der Waals surface area contributed by atoms with Gasteiger partial charge in [0.1, 0.15) is 11.5 Å². The number of ether oxygens (including phenoxy) is 2. The number of sulfonamides is 1. The second kappa shape index (κ2) is 11.0. The quantitative estimate of drug-likeness (QED) is 0.304. The van der Waals surface area contributed by atoms with Gasteiger partial charge in [-0.2, -0.15) is 4.31 Å². The highest BCUT2D eigenvalue weighted by molar-refractivity contribution is 7.99. The Morgan fingerprint density at radius 3 is 2.45 bits per heavy atom. The van der Waals surface area contributed by atoms with Gasteiger partial charge in [0, 0.05) is 24.4 Å². The molecule has 0 aliphatic carbocycles. The van der Waals surface area contributed by atoms with Crippen LogP contribution in [0.2, 0.25) is 0 Å². The fourth-order valence-electron chi connectivity index (χ4n) is 3.52. The van der Waals surface area contributed by atoms with Crippen LogP contribution in [-0.4, -0.2) is 55.0 Å². The number of thioether (sulfide) groups is 1. The molecule has 0 saturated carbocycles. The van der Waals surface area contributed by atoms with Crippen LogP contribution in [0.1, 0.15) is 26.2 Å². The van der Waals surface area contributed by atoms with Crippen LogP contribution < -0.4 is 9.47 Å². The number of hydrogen-bond acceptors (Lipinski definition) is 8. The first-order valence-electron chi connectivity index (χ1n) is 11.0. The number of rotatable bonds is 10. The Morgan fingerprint density at radius 1 is 1.00 bits per heavy atom. The van der Waals surface area contributed by atoms with Crippen molar-refractivity contribution in [2.24, 2.45) is 0 Å². The van der Waals surface area contributed by atoms with Crippen molar-refractivity contribution >= 4 is 21.8 Å². The van der Waals surface area contributed by atoms with E-state index in [9.17, 15) is 8.42 Å². The molecule has 0 N–H and O–H groups in total. The molecular formula is C23H27N3O5S2. The van der Waals surface area contributed by atoms with E-state index in [-0.39, 0.29) is 4.90 Å². The van der Waals surface area contributed by atoms with Crippen LogP contribution >= 0.6 is 11.8 Å². The van der Waals surface area contributed by atoms with Gasteiger partial charge in [-0.3, -0.25) is 0 Å². The van der Waals surface area contributed by atoms with Gasteiger partial charge in [0.05, 0.1) is 18.1 Å². The molecule has 1 aliphatic rings. The third-order valence-corrected chi connectivity index (χ3v) is 7.83. The maximum Gasteiger partial charge on any atom is 0.276 e. The number of hydrogen-bond donors (Lipinski definition) is 0. The normalized spacial score (nSPS) is 14.8. The average molecular weight is 490 g/mol. The number of nitrogens with zero attached hydrogens (tertiary/aromatic N) is 3. The molecule has 4 rings (SSSR count). The Kier molecular flexibility index (Phi) is 7.89. The van der Waals surface area contributed by atoms with E-state index in [1.807, 2.05) is 31.2 Å². The molecule has 176 valence electrons. The summed E-state index contributed by atoms with van der Waals surface area (Å²) >= 11 is 1.38. The van der Waals surface area contributed by atoms with E-state index in [0.29, 0.717) is 48.7 Å². The van der Waals surface area contributed by atoms with Crippen molar-refractivity contribution in [3.63, 3.8) is 0 Å². The first-order chi connectivity index (χ1) is 16.1. The molecule has 0 atom stereocenters. The van der Waals surface area contributed by atoms with Gasteiger partial charge in [-0.25, -0.2) is 8.42 Å². The average Bonchev–Trinajstić information content (AvgIpc) is 3.33. The van der Waals surface area contributed by atoms with Crippen molar-refractivity contribution in [2.45, 2.75) is 36.3 Å². The Hall–Kier alpha value is -2.56. The van der Waals surface area contributed by atoms with Crippen molar-refractivity contribution in [1.29, 1.82) is 0 Å². The van der Waals surface area contributed by atoms with Gasteiger partial charge in [0.25, 0.3) is 5.22 Å². The monoisotopic (exact) mass is 489 g/mol. The minimum Gasteiger partial charge on any atom is -0.494 e. The largest absolute Gasteiger partial charge is 0.494 e. The summed E-state index contributed by atoms with van der Waals surface area (Å²) in [4.78, 5) is 0.248. The highest BCUT2D eigenvalue weighted by Crippen LogP contribution is 2.27. The maximum atomic E-state index is 13.0. The summed E-state index contributed by atoms with van der Waals surface area (Å²) < 4.78 is 44.3. The fraction of sp³-hybridized carbons (Fsp3) is 0.391. The van der Waals surface area contributed by atoms with E-state index < -0.39 is 10.0 Å². The lowest BCUT2D eigenvalue weighted by molar-refractivity contribution is 0.332. The van der Waals surface area contributed by atoms with E-state index >= 15 is 0 Å². The van der Waals surface area contributed by atoms with Gasteiger partial charge >= 0.3 is 0 Å². The Bertz CT molecular complexity index is 1140. The summed E-state index contributed by atoms with van der Waals surface area (Å²) in [6.07, 6.45) is 2.86. The van der Waals surface area contributed by atoms with Crippen LogP contribution in [0.4, 0.5) is 0 Å². The first kappa shape index (κ1) is 23.6. The second-order valence-electron chi connectivity index (χ2n) is 7.47. The van der Waals surface area contributed by atoms with E-state index in [2.05, 4.69) is 10.2 Å². The fourth-order valence-corrected chi connectivity index (χ4v) is 5.66. The maximum absolute atomic E-state index is 13.0. The lowest BCUT2D eigenvalue weighted by atomic mass is 10.2. The van der Waals surface area contributed by atoms with Gasteiger partial charge < -0.3 is 13.9 Å². The third kappa shape index (κ3) is 6.07. The number of aromatic nitrogens is 2. The molecule has 1 aliphatic heterocycles. The number of piperidine rings is 1. The molecule has 33 heavy (non-hydrogen) atoms. The number of benzene rings is 2. The van der Waals surface area contributed by atoms with Crippen LogP contribution in [0.15, 0.2) is 63.1 Å². The van der Waals surface area contributed by atoms with Crippen molar-refractivity contribution in [1.82, 2.24) is 14.5 Å². The van der Waals surface area contributed by atoms with Crippen molar-refractivity contribution < 1.29 is 22.3 Å². The van der Waals surface area contributed by atoms with Gasteiger partial charge in [-0.1, -0.05) is 24.2 Å². The van der Waals surface area contributed by atoms with E-state index in [1.165, 1.54) is 11.8 Å². The molecule has 0 radical (unpaired) electrons. The Balaban J connectivity index is 1.33. The summed E-state index contributed by atoms with van der Waals surface area (Å²) in [5.74, 6) is 2.49. The van der Waals surface area contributed by atoms with Crippen LogP contribution in [0.25, 0.3) is 11.5 Å². The molecule has 1 aromatic heterocycles. The summed E-state index contributed by atoms with van der Waals surface area (Å²) in [5, 5.41) is 8.56.